The van der Waals surface area contributed by atoms with Crippen LogP contribution in [0.2, 0.25) is 0 Å². The fourth-order valence-corrected chi connectivity index (χ4v) is 1.37. The Morgan fingerprint density at radius 2 is 2.73 bits per heavy atom. The first-order valence-corrected chi connectivity index (χ1v) is 4.40. The van der Waals surface area contributed by atoms with Crippen LogP contribution in [-0.2, 0) is 9.53 Å². The summed E-state index contributed by atoms with van der Waals surface area (Å²) < 4.78 is 5.11. The van der Waals surface area contributed by atoms with Crippen molar-refractivity contribution in [1.29, 1.82) is 0 Å². The van der Waals surface area contributed by atoms with Crippen molar-refractivity contribution in [1.82, 2.24) is 4.90 Å². The van der Waals surface area contributed by atoms with Gasteiger partial charge < -0.3 is 9.64 Å². The molecule has 1 aliphatic heterocycles. The minimum absolute atomic E-state index is 0.0210. The Labute approximate surface area is 74.3 Å². The topological polar surface area (TPSA) is 29.5 Å². The highest BCUT2D eigenvalue weighted by atomic mass is 35.5. The molecule has 0 radical (unpaired) electrons. The molecule has 3 nitrogen and oxygen atoms in total. The summed E-state index contributed by atoms with van der Waals surface area (Å²) in [5, 5.41) is 0.644. The minimum Gasteiger partial charge on any atom is -0.465 e. The lowest BCUT2D eigenvalue weighted by molar-refractivity contribution is -0.109. The molecule has 0 atom stereocenters. The Morgan fingerprint density at radius 3 is 3.18 bits per heavy atom. The van der Waals surface area contributed by atoms with E-state index in [1.54, 1.807) is 11.1 Å². The van der Waals surface area contributed by atoms with Crippen LogP contribution in [-0.4, -0.2) is 22.7 Å². The highest BCUT2D eigenvalue weighted by Gasteiger charge is 2.13. The number of rotatable bonds is 2. The zero-order chi connectivity index (χ0) is 8.27. The Kier molecular flexibility index (Phi) is 3.08. The molecular weight excluding hydrogens is 186 g/mol. The van der Waals surface area contributed by atoms with Crippen LogP contribution in [0.3, 0.4) is 0 Å². The van der Waals surface area contributed by atoms with Gasteiger partial charge in [0.2, 0.25) is 0 Å². The number of hydrogen-bond acceptors (Lipinski definition) is 4. The van der Waals surface area contributed by atoms with E-state index in [0.717, 1.165) is 11.8 Å². The molecule has 0 N–H and O–H groups in total. The van der Waals surface area contributed by atoms with Gasteiger partial charge in [-0.25, -0.2) is 0 Å². The van der Waals surface area contributed by atoms with E-state index in [4.69, 9.17) is 16.3 Å². The van der Waals surface area contributed by atoms with Crippen LogP contribution in [0.25, 0.3) is 0 Å². The van der Waals surface area contributed by atoms with E-state index in [1.165, 1.54) is 6.92 Å². The third kappa shape index (κ3) is 2.63. The molecule has 0 aliphatic carbocycles. The van der Waals surface area contributed by atoms with Crippen molar-refractivity contribution in [3.8, 4) is 0 Å². The first-order chi connectivity index (χ1) is 5.22. The van der Waals surface area contributed by atoms with Gasteiger partial charge in [-0.1, -0.05) is 0 Å². The lowest BCUT2D eigenvalue weighted by Gasteiger charge is -2.05. The Hall–Kier alpha value is -0.350. The maximum atomic E-state index is 10.6. The molecule has 0 aromatic carbocycles. The number of thioether (sulfide) groups is 1. The second-order valence-electron chi connectivity index (χ2n) is 2.02. The fraction of sp³-hybridized carbons (Fsp3) is 0.500. The molecule has 0 saturated carbocycles. The van der Waals surface area contributed by atoms with Gasteiger partial charge >= 0.3 is 0 Å². The van der Waals surface area contributed by atoms with Gasteiger partial charge in [0.25, 0.3) is 0 Å². The molecule has 0 aromatic heterocycles. The van der Waals surface area contributed by atoms with Gasteiger partial charge in [0.05, 0.1) is 12.2 Å². The third-order valence-electron chi connectivity index (χ3n) is 1.06. The van der Waals surface area contributed by atoms with Crippen molar-refractivity contribution in [2.24, 2.45) is 0 Å². The van der Waals surface area contributed by atoms with E-state index < -0.39 is 0 Å². The number of alkyl halides is 1. The van der Waals surface area contributed by atoms with E-state index in [9.17, 15) is 4.79 Å². The van der Waals surface area contributed by atoms with Crippen LogP contribution >= 0.6 is 23.4 Å². The molecule has 0 unspecified atom stereocenters. The average Bonchev–Trinajstić information content (AvgIpc) is 2.34. The normalized spacial score (nSPS) is 16.2. The smallest absolute Gasteiger partial charge is 0.193 e. The van der Waals surface area contributed by atoms with Crippen molar-refractivity contribution in [2.45, 2.75) is 6.92 Å². The summed E-state index contributed by atoms with van der Waals surface area (Å²) in [4.78, 5) is 12.4. The van der Waals surface area contributed by atoms with E-state index in [-0.39, 0.29) is 5.12 Å². The summed E-state index contributed by atoms with van der Waals surface area (Å²) in [5.41, 5.74) is 0. The van der Waals surface area contributed by atoms with Crippen LogP contribution in [0.4, 0.5) is 0 Å². The van der Waals surface area contributed by atoms with Crippen molar-refractivity contribution in [2.75, 3.05) is 12.7 Å². The molecule has 1 aliphatic rings. The molecule has 0 aromatic rings. The van der Waals surface area contributed by atoms with E-state index in [1.807, 2.05) is 0 Å². The zero-order valence-corrected chi connectivity index (χ0v) is 7.61. The largest absolute Gasteiger partial charge is 0.465 e. The van der Waals surface area contributed by atoms with Crippen molar-refractivity contribution in [3.63, 3.8) is 0 Å². The monoisotopic (exact) mass is 193 g/mol. The fourth-order valence-electron chi connectivity index (χ4n) is 0.637. The molecule has 0 bridgehead atoms. The molecule has 62 valence electrons. The van der Waals surface area contributed by atoms with E-state index >= 15 is 0 Å². The zero-order valence-electron chi connectivity index (χ0n) is 6.04. The van der Waals surface area contributed by atoms with Crippen molar-refractivity contribution in [3.05, 3.63) is 11.3 Å². The molecule has 0 amide bonds. The quantitative estimate of drug-likeness (QED) is 0.492. The summed E-state index contributed by atoms with van der Waals surface area (Å²) in [5.74, 6) is 0. The second-order valence-corrected chi connectivity index (χ2v) is 3.44. The summed E-state index contributed by atoms with van der Waals surface area (Å²) in [7, 11) is 0. The summed E-state index contributed by atoms with van der Waals surface area (Å²) in [6.45, 7) is 1.94. The SMILES string of the molecule is CC(=O)SC1=CN(CCl)CO1. The van der Waals surface area contributed by atoms with E-state index in [2.05, 4.69) is 0 Å². The van der Waals surface area contributed by atoms with Gasteiger partial charge in [-0.2, -0.15) is 0 Å². The van der Waals surface area contributed by atoms with Gasteiger partial charge in [-0.3, -0.25) is 4.79 Å². The van der Waals surface area contributed by atoms with Crippen LogP contribution in [0.15, 0.2) is 11.3 Å². The lowest BCUT2D eigenvalue weighted by Crippen LogP contribution is -2.11. The highest BCUT2D eigenvalue weighted by molar-refractivity contribution is 8.16. The Bertz CT molecular complexity index is 195. The number of nitrogens with zero attached hydrogens (tertiary/aromatic N) is 1. The standard InChI is InChI=1S/C6H8ClNO2S/c1-5(9)11-6-2-8(3-7)4-10-6/h2H,3-4H2,1H3. The summed E-state index contributed by atoms with van der Waals surface area (Å²) in [6, 6.07) is 0.391. The molecule has 1 rings (SSSR count). The maximum absolute atomic E-state index is 10.6. The number of halogens is 1. The summed E-state index contributed by atoms with van der Waals surface area (Å²) in [6.07, 6.45) is 1.74. The van der Waals surface area contributed by atoms with Gasteiger partial charge in [-0.15, -0.1) is 11.6 Å². The van der Waals surface area contributed by atoms with Crippen LogP contribution < -0.4 is 0 Å². The number of hydrogen-bond donors (Lipinski definition) is 0. The average molecular weight is 194 g/mol. The first kappa shape index (κ1) is 8.74. The van der Waals surface area contributed by atoms with Gasteiger partial charge in [0.1, 0.15) is 0 Å². The van der Waals surface area contributed by atoms with Gasteiger partial charge in [-0.05, 0) is 11.8 Å². The minimum atomic E-state index is 0.0210. The predicted molar refractivity (Wildman–Crippen MR) is 44.9 cm³/mol. The second kappa shape index (κ2) is 3.88. The first-order valence-electron chi connectivity index (χ1n) is 3.05. The third-order valence-corrected chi connectivity index (χ3v) is 2.08. The predicted octanol–water partition coefficient (Wildman–Crippen LogP) is 1.55. The molecule has 0 fully saturated rings. The Morgan fingerprint density at radius 1 is 2.00 bits per heavy atom. The van der Waals surface area contributed by atoms with Gasteiger partial charge in [0, 0.05) is 6.92 Å². The van der Waals surface area contributed by atoms with Crippen LogP contribution in [0, 0.1) is 0 Å². The molecular formula is C6H8ClNO2S. The van der Waals surface area contributed by atoms with Crippen LogP contribution in [0.5, 0.6) is 0 Å². The lowest BCUT2D eigenvalue weighted by atomic mass is 10.8. The molecule has 0 spiro atoms. The number of ether oxygens (including phenoxy) is 1. The van der Waals surface area contributed by atoms with Crippen LogP contribution in [0.1, 0.15) is 6.92 Å². The van der Waals surface area contributed by atoms with Gasteiger partial charge in [0.15, 0.2) is 16.9 Å². The molecule has 5 heteroatoms. The molecule has 1 heterocycles. The molecule has 0 saturated heterocycles. The summed E-state index contributed by atoms with van der Waals surface area (Å²) >= 11 is 6.60. The van der Waals surface area contributed by atoms with Crippen molar-refractivity contribution >= 4 is 28.5 Å². The molecule has 11 heavy (non-hydrogen) atoms. The number of carbonyl (C=O) groups excluding carboxylic acids is 1. The van der Waals surface area contributed by atoms with E-state index in [0.29, 0.717) is 17.8 Å². The maximum Gasteiger partial charge on any atom is 0.193 e. The Balaban J connectivity index is 2.42. The van der Waals surface area contributed by atoms with Crippen molar-refractivity contribution < 1.29 is 9.53 Å². The number of carbonyl (C=O) groups is 1. The highest BCUT2D eigenvalue weighted by Crippen LogP contribution is 2.23.